The highest BCUT2D eigenvalue weighted by atomic mass is 15.2. The van der Waals surface area contributed by atoms with Crippen LogP contribution in [0.3, 0.4) is 0 Å². The fourth-order valence-electron chi connectivity index (χ4n) is 4.35. The molecule has 0 spiro atoms. The van der Waals surface area contributed by atoms with Gasteiger partial charge in [-0.05, 0) is 49.8 Å². The second kappa shape index (κ2) is 6.28. The predicted molar refractivity (Wildman–Crippen MR) is 84.7 cm³/mol. The third-order valence-electron chi connectivity index (χ3n) is 5.36. The zero-order chi connectivity index (χ0) is 13.9. The van der Waals surface area contributed by atoms with Crippen LogP contribution in [0.4, 0.5) is 0 Å². The highest BCUT2D eigenvalue weighted by Gasteiger charge is 2.33. The summed E-state index contributed by atoms with van der Waals surface area (Å²) in [7, 11) is 0. The average Bonchev–Trinajstić information content (AvgIpc) is 2.95. The topological polar surface area (TPSA) is 29.3 Å². The van der Waals surface area contributed by atoms with Gasteiger partial charge in [0.05, 0.1) is 0 Å². The minimum absolute atomic E-state index is 0.189. The van der Waals surface area contributed by atoms with Gasteiger partial charge in [-0.2, -0.15) is 0 Å². The standard InChI is InChI=1S/C18H28N2/c1-2-20(15-10-4-5-11-15)17-13-7-9-14-8-3-6-12-16(14)18(17)19/h3,6,8,12,15,17-18H,2,4-5,7,9-11,13,19H2,1H3. The van der Waals surface area contributed by atoms with E-state index in [1.807, 2.05) is 0 Å². The summed E-state index contributed by atoms with van der Waals surface area (Å²) in [5.41, 5.74) is 9.56. The molecule has 2 atom stereocenters. The number of hydrogen-bond donors (Lipinski definition) is 1. The van der Waals surface area contributed by atoms with E-state index in [1.54, 1.807) is 0 Å². The number of fused-ring (bicyclic) bond motifs is 1. The molecule has 1 aromatic carbocycles. The van der Waals surface area contributed by atoms with Gasteiger partial charge in [0.2, 0.25) is 0 Å². The molecular weight excluding hydrogens is 244 g/mol. The molecule has 3 rings (SSSR count). The normalized spacial score (nSPS) is 27.6. The van der Waals surface area contributed by atoms with Gasteiger partial charge in [0, 0.05) is 18.1 Å². The second-order valence-corrected chi connectivity index (χ2v) is 6.45. The summed E-state index contributed by atoms with van der Waals surface area (Å²) in [6, 6.07) is 10.3. The summed E-state index contributed by atoms with van der Waals surface area (Å²) in [5.74, 6) is 0. The van der Waals surface area contributed by atoms with Crippen molar-refractivity contribution in [2.75, 3.05) is 6.54 Å². The van der Waals surface area contributed by atoms with E-state index in [0.29, 0.717) is 6.04 Å². The van der Waals surface area contributed by atoms with Crippen LogP contribution in [-0.2, 0) is 6.42 Å². The Bertz CT molecular complexity index is 437. The molecule has 0 heterocycles. The molecule has 2 aliphatic carbocycles. The van der Waals surface area contributed by atoms with Gasteiger partial charge in [-0.15, -0.1) is 0 Å². The fourth-order valence-corrected chi connectivity index (χ4v) is 4.35. The van der Waals surface area contributed by atoms with Crippen molar-refractivity contribution in [1.29, 1.82) is 0 Å². The van der Waals surface area contributed by atoms with E-state index in [4.69, 9.17) is 5.73 Å². The van der Waals surface area contributed by atoms with Gasteiger partial charge in [-0.1, -0.05) is 44.0 Å². The van der Waals surface area contributed by atoms with E-state index < -0.39 is 0 Å². The van der Waals surface area contributed by atoms with Gasteiger partial charge in [0.15, 0.2) is 0 Å². The maximum absolute atomic E-state index is 6.69. The summed E-state index contributed by atoms with van der Waals surface area (Å²) in [6.45, 7) is 3.45. The predicted octanol–water partition coefficient (Wildman–Crippen LogP) is 3.66. The maximum Gasteiger partial charge on any atom is 0.0455 e. The number of benzene rings is 1. The van der Waals surface area contributed by atoms with Crippen molar-refractivity contribution in [3.8, 4) is 0 Å². The van der Waals surface area contributed by atoms with E-state index in [9.17, 15) is 0 Å². The molecule has 0 bridgehead atoms. The van der Waals surface area contributed by atoms with Crippen LogP contribution >= 0.6 is 0 Å². The van der Waals surface area contributed by atoms with Crippen LogP contribution in [0.2, 0.25) is 0 Å². The third kappa shape index (κ3) is 2.64. The quantitative estimate of drug-likeness (QED) is 0.851. The Hall–Kier alpha value is -0.860. The lowest BCUT2D eigenvalue weighted by Crippen LogP contribution is -2.47. The van der Waals surface area contributed by atoms with Gasteiger partial charge in [0.25, 0.3) is 0 Å². The first kappa shape index (κ1) is 14.1. The smallest absolute Gasteiger partial charge is 0.0455 e. The molecule has 2 N–H and O–H groups in total. The zero-order valence-electron chi connectivity index (χ0n) is 12.7. The Morgan fingerprint density at radius 1 is 1.10 bits per heavy atom. The van der Waals surface area contributed by atoms with Crippen molar-refractivity contribution in [2.45, 2.75) is 70.0 Å². The first-order valence-electron chi connectivity index (χ1n) is 8.40. The number of nitrogens with two attached hydrogens (primary N) is 1. The molecule has 1 aromatic rings. The molecule has 2 unspecified atom stereocenters. The summed E-state index contributed by atoms with van der Waals surface area (Å²) in [6.07, 6.45) is 9.28. The lowest BCUT2D eigenvalue weighted by atomic mass is 9.94. The average molecular weight is 272 g/mol. The fraction of sp³-hybridized carbons (Fsp3) is 0.667. The SMILES string of the molecule is CCN(C1CCCC1)C1CCCc2ccccc2C1N. The number of nitrogens with zero attached hydrogens (tertiary/aromatic N) is 1. The molecule has 0 radical (unpaired) electrons. The summed E-state index contributed by atoms with van der Waals surface area (Å²) < 4.78 is 0. The van der Waals surface area contributed by atoms with Crippen LogP contribution in [0.25, 0.3) is 0 Å². The lowest BCUT2D eigenvalue weighted by Gasteiger charge is -2.38. The van der Waals surface area contributed by atoms with Crippen molar-refractivity contribution in [2.24, 2.45) is 5.73 Å². The molecule has 2 heteroatoms. The Kier molecular flexibility index (Phi) is 4.42. The van der Waals surface area contributed by atoms with Crippen molar-refractivity contribution in [3.05, 3.63) is 35.4 Å². The molecule has 0 aromatic heterocycles. The van der Waals surface area contributed by atoms with E-state index >= 15 is 0 Å². The molecule has 0 amide bonds. The number of rotatable bonds is 3. The van der Waals surface area contributed by atoms with Crippen LogP contribution in [-0.4, -0.2) is 23.5 Å². The lowest BCUT2D eigenvalue weighted by molar-refractivity contribution is 0.116. The number of aryl methyl sites for hydroxylation is 1. The maximum atomic E-state index is 6.69. The molecule has 2 nitrogen and oxygen atoms in total. The number of likely N-dealkylation sites (N-methyl/N-ethyl adjacent to an activating group) is 1. The third-order valence-corrected chi connectivity index (χ3v) is 5.36. The van der Waals surface area contributed by atoms with E-state index in [0.717, 1.165) is 12.6 Å². The first-order valence-corrected chi connectivity index (χ1v) is 8.40. The monoisotopic (exact) mass is 272 g/mol. The van der Waals surface area contributed by atoms with E-state index in [-0.39, 0.29) is 6.04 Å². The van der Waals surface area contributed by atoms with Gasteiger partial charge in [-0.25, -0.2) is 0 Å². The van der Waals surface area contributed by atoms with Crippen LogP contribution < -0.4 is 5.73 Å². The molecule has 20 heavy (non-hydrogen) atoms. The highest BCUT2D eigenvalue weighted by Crippen LogP contribution is 2.34. The van der Waals surface area contributed by atoms with Crippen LogP contribution in [0.1, 0.15) is 62.6 Å². The minimum atomic E-state index is 0.189. The van der Waals surface area contributed by atoms with Gasteiger partial charge in [0.1, 0.15) is 0 Å². The summed E-state index contributed by atoms with van der Waals surface area (Å²) in [4.78, 5) is 2.72. The largest absolute Gasteiger partial charge is 0.323 e. The Morgan fingerprint density at radius 3 is 2.60 bits per heavy atom. The minimum Gasteiger partial charge on any atom is -0.323 e. The van der Waals surface area contributed by atoms with Crippen molar-refractivity contribution < 1.29 is 0 Å². The van der Waals surface area contributed by atoms with E-state index in [1.165, 1.54) is 56.1 Å². The van der Waals surface area contributed by atoms with Crippen molar-refractivity contribution >= 4 is 0 Å². The Morgan fingerprint density at radius 2 is 1.85 bits per heavy atom. The molecule has 110 valence electrons. The Balaban J connectivity index is 1.85. The van der Waals surface area contributed by atoms with Crippen molar-refractivity contribution in [3.63, 3.8) is 0 Å². The highest BCUT2D eigenvalue weighted by molar-refractivity contribution is 5.32. The molecular formula is C18H28N2. The second-order valence-electron chi connectivity index (χ2n) is 6.45. The summed E-state index contributed by atoms with van der Waals surface area (Å²) >= 11 is 0. The van der Waals surface area contributed by atoms with Crippen LogP contribution in [0, 0.1) is 0 Å². The molecule has 2 aliphatic rings. The van der Waals surface area contributed by atoms with Gasteiger partial charge < -0.3 is 5.73 Å². The molecule has 1 saturated carbocycles. The van der Waals surface area contributed by atoms with Crippen LogP contribution in [0.15, 0.2) is 24.3 Å². The summed E-state index contributed by atoms with van der Waals surface area (Å²) in [5, 5.41) is 0. The van der Waals surface area contributed by atoms with Crippen LogP contribution in [0.5, 0.6) is 0 Å². The van der Waals surface area contributed by atoms with Crippen molar-refractivity contribution in [1.82, 2.24) is 4.90 Å². The zero-order valence-corrected chi connectivity index (χ0v) is 12.7. The molecule has 0 aliphatic heterocycles. The first-order chi connectivity index (χ1) is 9.81. The molecule has 0 saturated heterocycles. The van der Waals surface area contributed by atoms with Gasteiger partial charge >= 0.3 is 0 Å². The molecule has 1 fully saturated rings. The van der Waals surface area contributed by atoms with E-state index in [2.05, 4.69) is 36.1 Å². The number of hydrogen-bond acceptors (Lipinski definition) is 2. The Labute approximate surface area is 123 Å². The van der Waals surface area contributed by atoms with Gasteiger partial charge in [-0.3, -0.25) is 4.90 Å².